The Morgan fingerprint density at radius 1 is 1.26 bits per heavy atom. The van der Waals surface area contributed by atoms with Gasteiger partial charge in [-0.3, -0.25) is 4.79 Å². The molecular formula is C15H14O4. The van der Waals surface area contributed by atoms with Gasteiger partial charge in [0, 0.05) is 18.1 Å². The Balaban J connectivity index is 2.12. The molecule has 2 aromatic rings. The predicted molar refractivity (Wildman–Crippen MR) is 70.5 cm³/mol. The van der Waals surface area contributed by atoms with E-state index in [9.17, 15) is 14.7 Å². The van der Waals surface area contributed by atoms with Crippen LogP contribution in [0.3, 0.4) is 0 Å². The number of carbonyl (C=O) groups is 1. The van der Waals surface area contributed by atoms with Crippen LogP contribution in [-0.4, -0.2) is 10.9 Å². The van der Waals surface area contributed by atoms with E-state index in [1.807, 2.05) is 6.07 Å². The van der Waals surface area contributed by atoms with Gasteiger partial charge in [0.1, 0.15) is 11.5 Å². The summed E-state index contributed by atoms with van der Waals surface area (Å²) in [5.74, 6) is 0.162. The molecule has 1 aromatic heterocycles. The van der Waals surface area contributed by atoms with Gasteiger partial charge in [0.2, 0.25) is 0 Å². The van der Waals surface area contributed by atoms with Crippen LogP contribution in [0.25, 0.3) is 0 Å². The van der Waals surface area contributed by atoms with E-state index >= 15 is 0 Å². The minimum atomic E-state index is -0.585. The number of aromatic hydroxyl groups is 1. The molecule has 0 aliphatic rings. The number of aryl methyl sites for hydroxylation is 1. The molecule has 2 rings (SSSR count). The summed E-state index contributed by atoms with van der Waals surface area (Å²) in [5, 5.41) is 9.68. The number of hydrogen-bond acceptors (Lipinski definition) is 4. The van der Waals surface area contributed by atoms with Crippen molar-refractivity contribution in [2.45, 2.75) is 19.8 Å². The Bertz CT molecular complexity index is 641. The summed E-state index contributed by atoms with van der Waals surface area (Å²) in [5.41, 5.74) is 0.159. The first-order chi connectivity index (χ1) is 9.08. The second kappa shape index (κ2) is 5.52. The van der Waals surface area contributed by atoms with Crippen LogP contribution in [-0.2, 0) is 6.42 Å². The number of Topliss-reactive ketones (excluding diaryl/α,β-unsaturated/α-hetero) is 1. The predicted octanol–water partition coefficient (Wildman–Crippen LogP) is 2.47. The highest BCUT2D eigenvalue weighted by Gasteiger charge is 2.12. The number of hydrogen-bond donors (Lipinski definition) is 1. The Kier molecular flexibility index (Phi) is 3.80. The average molecular weight is 258 g/mol. The third-order valence-electron chi connectivity index (χ3n) is 2.85. The number of rotatable bonds is 4. The second-order valence-corrected chi connectivity index (χ2v) is 4.30. The molecule has 4 nitrogen and oxygen atoms in total. The van der Waals surface area contributed by atoms with Crippen molar-refractivity contribution in [3.8, 4) is 5.75 Å². The smallest absolute Gasteiger partial charge is 0.342 e. The van der Waals surface area contributed by atoms with Crippen LogP contribution in [0.2, 0.25) is 0 Å². The highest BCUT2D eigenvalue weighted by molar-refractivity contribution is 5.96. The van der Waals surface area contributed by atoms with Crippen LogP contribution in [0.4, 0.5) is 0 Å². The monoisotopic (exact) mass is 258 g/mol. The number of ketones is 1. The minimum absolute atomic E-state index is 0.0695. The summed E-state index contributed by atoms with van der Waals surface area (Å²) < 4.78 is 4.90. The van der Waals surface area contributed by atoms with Gasteiger partial charge < -0.3 is 9.52 Å². The van der Waals surface area contributed by atoms with Crippen molar-refractivity contribution in [2.75, 3.05) is 0 Å². The second-order valence-electron chi connectivity index (χ2n) is 4.30. The van der Waals surface area contributed by atoms with Gasteiger partial charge in [-0.15, -0.1) is 0 Å². The Labute approximate surface area is 110 Å². The summed E-state index contributed by atoms with van der Waals surface area (Å²) in [7, 11) is 0. The minimum Gasteiger partial charge on any atom is -0.507 e. The Hall–Kier alpha value is -2.36. The van der Waals surface area contributed by atoms with E-state index in [2.05, 4.69) is 0 Å². The van der Waals surface area contributed by atoms with Crippen molar-refractivity contribution in [3.05, 3.63) is 63.7 Å². The molecule has 0 saturated heterocycles. The molecule has 0 fully saturated rings. The molecule has 0 amide bonds. The van der Waals surface area contributed by atoms with Gasteiger partial charge in [-0.2, -0.15) is 0 Å². The lowest BCUT2D eigenvalue weighted by atomic mass is 10.0. The van der Waals surface area contributed by atoms with Gasteiger partial charge in [-0.1, -0.05) is 30.3 Å². The van der Waals surface area contributed by atoms with Gasteiger partial charge >= 0.3 is 5.63 Å². The summed E-state index contributed by atoms with van der Waals surface area (Å²) in [4.78, 5) is 23.5. The largest absolute Gasteiger partial charge is 0.507 e. The zero-order valence-corrected chi connectivity index (χ0v) is 10.6. The van der Waals surface area contributed by atoms with Gasteiger partial charge in [0.05, 0.1) is 5.56 Å². The maximum Gasteiger partial charge on any atom is 0.342 e. The van der Waals surface area contributed by atoms with E-state index in [1.54, 1.807) is 31.2 Å². The Morgan fingerprint density at radius 3 is 2.58 bits per heavy atom. The molecule has 98 valence electrons. The van der Waals surface area contributed by atoms with Crippen LogP contribution >= 0.6 is 0 Å². The molecule has 1 N–H and O–H groups in total. The number of benzene rings is 1. The summed E-state index contributed by atoms with van der Waals surface area (Å²) >= 11 is 0. The van der Waals surface area contributed by atoms with Crippen LogP contribution < -0.4 is 5.63 Å². The average Bonchev–Trinajstić information content (AvgIpc) is 2.38. The number of carbonyl (C=O) groups excluding carboxylic acids is 1. The zero-order chi connectivity index (χ0) is 13.8. The molecule has 0 bridgehead atoms. The molecular weight excluding hydrogens is 244 g/mol. The van der Waals surface area contributed by atoms with Crippen molar-refractivity contribution >= 4 is 5.78 Å². The highest BCUT2D eigenvalue weighted by Crippen LogP contribution is 2.17. The normalized spacial score (nSPS) is 10.4. The fraction of sp³-hybridized carbons (Fsp3) is 0.200. The standard InChI is InChI=1S/C15H14O4/c1-10-9-14(17)12(15(18)19-10)7-8-13(16)11-5-3-2-4-6-11/h2-6,9,17H,7-8H2,1H3. The van der Waals surface area contributed by atoms with Crippen molar-refractivity contribution in [1.82, 2.24) is 0 Å². The first-order valence-electron chi connectivity index (χ1n) is 5.99. The van der Waals surface area contributed by atoms with Gasteiger partial charge in [-0.25, -0.2) is 4.79 Å². The topological polar surface area (TPSA) is 67.5 Å². The van der Waals surface area contributed by atoms with Crippen LogP contribution in [0.5, 0.6) is 5.75 Å². The van der Waals surface area contributed by atoms with Gasteiger partial charge in [0.15, 0.2) is 5.78 Å². The molecule has 0 saturated carbocycles. The molecule has 0 radical (unpaired) electrons. The first-order valence-corrected chi connectivity index (χ1v) is 5.99. The SMILES string of the molecule is Cc1cc(O)c(CCC(=O)c2ccccc2)c(=O)o1. The van der Waals surface area contributed by atoms with E-state index in [0.717, 1.165) is 0 Å². The van der Waals surface area contributed by atoms with Gasteiger partial charge in [0.25, 0.3) is 0 Å². The fourth-order valence-corrected chi connectivity index (χ4v) is 1.86. The van der Waals surface area contributed by atoms with Crippen LogP contribution in [0, 0.1) is 6.92 Å². The molecule has 0 aliphatic heterocycles. The van der Waals surface area contributed by atoms with E-state index in [4.69, 9.17) is 4.42 Å². The van der Waals surface area contributed by atoms with E-state index < -0.39 is 5.63 Å². The third-order valence-corrected chi connectivity index (χ3v) is 2.85. The van der Waals surface area contributed by atoms with E-state index in [1.165, 1.54) is 6.07 Å². The molecule has 0 spiro atoms. The highest BCUT2D eigenvalue weighted by atomic mass is 16.4. The van der Waals surface area contributed by atoms with E-state index in [-0.39, 0.29) is 29.9 Å². The first kappa shape index (κ1) is 13.1. The zero-order valence-electron chi connectivity index (χ0n) is 10.6. The molecule has 19 heavy (non-hydrogen) atoms. The molecule has 1 heterocycles. The molecule has 4 heteroatoms. The summed E-state index contributed by atoms with van der Waals surface area (Å²) in [6.07, 6.45) is 0.327. The summed E-state index contributed by atoms with van der Waals surface area (Å²) in [6, 6.07) is 10.2. The molecule has 0 aliphatic carbocycles. The van der Waals surface area contributed by atoms with Crippen molar-refractivity contribution in [3.63, 3.8) is 0 Å². The lowest BCUT2D eigenvalue weighted by Crippen LogP contribution is -2.10. The third kappa shape index (κ3) is 3.10. The fourth-order valence-electron chi connectivity index (χ4n) is 1.86. The van der Waals surface area contributed by atoms with E-state index in [0.29, 0.717) is 11.3 Å². The van der Waals surface area contributed by atoms with Crippen molar-refractivity contribution in [2.24, 2.45) is 0 Å². The maximum absolute atomic E-state index is 11.9. The Morgan fingerprint density at radius 2 is 1.95 bits per heavy atom. The van der Waals surface area contributed by atoms with Crippen molar-refractivity contribution in [1.29, 1.82) is 0 Å². The molecule has 1 aromatic carbocycles. The lowest BCUT2D eigenvalue weighted by molar-refractivity contribution is 0.0982. The lowest BCUT2D eigenvalue weighted by Gasteiger charge is -2.03. The maximum atomic E-state index is 11.9. The van der Waals surface area contributed by atoms with Crippen LogP contribution in [0.15, 0.2) is 45.6 Å². The quantitative estimate of drug-likeness (QED) is 0.855. The molecule has 0 unspecified atom stereocenters. The van der Waals surface area contributed by atoms with Crippen molar-refractivity contribution < 1.29 is 14.3 Å². The van der Waals surface area contributed by atoms with Crippen LogP contribution in [0.1, 0.15) is 28.1 Å². The van der Waals surface area contributed by atoms with Gasteiger partial charge in [-0.05, 0) is 13.3 Å². The summed E-state index contributed by atoms with van der Waals surface area (Å²) in [6.45, 7) is 1.58. The molecule has 0 atom stereocenters.